The minimum atomic E-state index is -1.17. The average Bonchev–Trinajstić information content (AvgIpc) is 3.17. The van der Waals surface area contributed by atoms with Crippen LogP contribution in [0.5, 0.6) is 0 Å². The normalized spacial score (nSPS) is 12.3. The maximum atomic E-state index is 2.35. The van der Waals surface area contributed by atoms with Crippen LogP contribution >= 0.6 is 7.26 Å². The molecule has 0 aromatic carbocycles. The van der Waals surface area contributed by atoms with Gasteiger partial charge < -0.3 is 0 Å². The van der Waals surface area contributed by atoms with Crippen LogP contribution in [0.2, 0.25) is 0 Å². The Morgan fingerprint density at radius 3 is 0.396 bits per heavy atom. The molecule has 0 spiro atoms. The Morgan fingerprint density at radius 1 is 0.151 bits per heavy atom. The van der Waals surface area contributed by atoms with E-state index in [9.17, 15) is 0 Å². The Bertz CT molecular complexity index is 557. The number of unbranched alkanes of at least 4 members (excludes halogenated alkanes) is 40. The van der Waals surface area contributed by atoms with Crippen molar-refractivity contribution >= 4 is 7.26 Å². The van der Waals surface area contributed by atoms with E-state index in [0.717, 1.165) is 0 Å². The van der Waals surface area contributed by atoms with Crippen molar-refractivity contribution < 1.29 is 0 Å². The molecule has 0 N–H and O–H groups in total. The van der Waals surface area contributed by atoms with Crippen molar-refractivity contribution in [2.24, 2.45) is 0 Å². The van der Waals surface area contributed by atoms with Crippen molar-refractivity contribution in [3.8, 4) is 0 Å². The number of hydrogen-bond donors (Lipinski definition) is 0. The average molecular weight is 765 g/mol. The third kappa shape index (κ3) is 41.9. The van der Waals surface area contributed by atoms with E-state index in [0.29, 0.717) is 0 Å². The van der Waals surface area contributed by atoms with E-state index in [1.165, 1.54) is 238 Å². The molecule has 0 aliphatic rings. The molecule has 0 bridgehead atoms. The van der Waals surface area contributed by atoms with Crippen molar-refractivity contribution in [1.82, 2.24) is 0 Å². The van der Waals surface area contributed by atoms with Gasteiger partial charge >= 0.3 is 302 Å². The molecule has 322 valence electrons. The smallest absolute Gasteiger partial charge is 0.0654 e. The first kappa shape index (κ1) is 53.4. The quantitative estimate of drug-likeness (QED) is 0.0428. The molecule has 0 aliphatic heterocycles. The maximum absolute atomic E-state index is 2.35. The Kier molecular flexibility index (Phi) is 47.2. The first-order valence-electron chi connectivity index (χ1n) is 26.2. The van der Waals surface area contributed by atoms with Crippen LogP contribution in [0, 0.1) is 0 Å². The topological polar surface area (TPSA) is 0 Å². The van der Waals surface area contributed by atoms with Crippen LogP contribution in [-0.2, 0) is 0 Å². The van der Waals surface area contributed by atoms with Gasteiger partial charge in [-0.3, -0.25) is 0 Å². The van der Waals surface area contributed by atoms with Crippen LogP contribution in [-0.4, -0.2) is 24.6 Å². The predicted octanol–water partition coefficient (Wildman–Crippen LogP) is 20.0. The molecule has 0 fully saturated rings. The van der Waals surface area contributed by atoms with Gasteiger partial charge in [-0.05, 0) is 0 Å². The van der Waals surface area contributed by atoms with E-state index in [1.54, 1.807) is 69.6 Å². The fourth-order valence-corrected chi connectivity index (χ4v) is 14.9. The predicted molar refractivity (Wildman–Crippen MR) is 254 cm³/mol. The first-order chi connectivity index (χ1) is 26.2. The Balaban J connectivity index is 4.84. The molecule has 0 radical (unpaired) electrons. The molecule has 1 heteroatoms. The summed E-state index contributed by atoms with van der Waals surface area (Å²) in [5.41, 5.74) is 0. The minimum absolute atomic E-state index is 1.17. The Hall–Kier alpha value is 0.430. The summed E-state index contributed by atoms with van der Waals surface area (Å²) in [6.07, 6.45) is 72.5. The molecule has 53 heavy (non-hydrogen) atoms. The van der Waals surface area contributed by atoms with Gasteiger partial charge in [0.2, 0.25) is 0 Å². The molecule has 0 amide bonds. The second kappa shape index (κ2) is 46.8. The molecule has 0 saturated heterocycles. The van der Waals surface area contributed by atoms with E-state index < -0.39 is 7.26 Å². The van der Waals surface area contributed by atoms with Gasteiger partial charge in [0.25, 0.3) is 0 Å². The zero-order valence-electron chi connectivity index (χ0n) is 38.4. The fraction of sp³-hybridized carbons (Fsp3) is 1.00. The third-order valence-corrected chi connectivity index (χ3v) is 18.9. The molecule has 0 saturated carbocycles. The molecule has 0 unspecified atom stereocenters. The van der Waals surface area contributed by atoms with Crippen molar-refractivity contribution in [3.05, 3.63) is 0 Å². The molecule has 0 aromatic heterocycles. The summed E-state index contributed by atoms with van der Waals surface area (Å²) >= 11 is 0. The molecule has 0 aliphatic carbocycles. The van der Waals surface area contributed by atoms with Gasteiger partial charge in [-0.1, -0.05) is 40.0 Å². The summed E-state index contributed by atoms with van der Waals surface area (Å²) in [4.78, 5) is 0. The van der Waals surface area contributed by atoms with Crippen LogP contribution in [0.15, 0.2) is 0 Å². The summed E-state index contributed by atoms with van der Waals surface area (Å²) in [6, 6.07) is 0. The summed E-state index contributed by atoms with van der Waals surface area (Å²) in [5, 5.41) is 0. The number of hydrogen-bond acceptors (Lipinski definition) is 0. The van der Waals surface area contributed by atoms with E-state index in [-0.39, 0.29) is 0 Å². The summed E-state index contributed by atoms with van der Waals surface area (Å²) in [6.45, 7) is 9.36. The monoisotopic (exact) mass is 765 g/mol. The van der Waals surface area contributed by atoms with Gasteiger partial charge in [-0.2, -0.15) is 0 Å². The third-order valence-electron chi connectivity index (χ3n) is 13.2. The standard InChI is InChI=1S/C52H109P/c1-5-9-13-17-21-25-28-31-34-38-42-46-50-53(49-45-41-37-24-20-16-12-8-4,51-47-43-39-35-32-29-26-22-18-14-10-6-2)52-48-44-40-36-33-30-27-23-19-15-11-7-3/h53H,5-52H2,1-4H3. The van der Waals surface area contributed by atoms with Gasteiger partial charge in [0, 0.05) is 0 Å². The number of rotatable bonds is 48. The van der Waals surface area contributed by atoms with Crippen molar-refractivity contribution in [2.75, 3.05) is 24.6 Å². The fourth-order valence-electron chi connectivity index (χ4n) is 9.41. The van der Waals surface area contributed by atoms with Gasteiger partial charge in [-0.15, -0.1) is 0 Å². The van der Waals surface area contributed by atoms with Crippen LogP contribution in [0.1, 0.15) is 310 Å². The summed E-state index contributed by atoms with van der Waals surface area (Å²) in [5.74, 6) is 0. The SMILES string of the molecule is CCCCCCCCCCCCCC[PH](CCCCCCCCCC)(CCCCCCCCCCCCCC)CCCCCCCCCCCCCC. The van der Waals surface area contributed by atoms with Gasteiger partial charge in [-0.25, -0.2) is 0 Å². The van der Waals surface area contributed by atoms with Crippen molar-refractivity contribution in [2.45, 2.75) is 310 Å². The minimum Gasteiger partial charge on any atom is -0.0654 e. The van der Waals surface area contributed by atoms with E-state index in [4.69, 9.17) is 0 Å². The molecule has 0 heterocycles. The van der Waals surface area contributed by atoms with Gasteiger partial charge in [0.15, 0.2) is 0 Å². The van der Waals surface area contributed by atoms with Crippen molar-refractivity contribution in [1.29, 1.82) is 0 Å². The Labute approximate surface area is 340 Å². The summed E-state index contributed by atoms with van der Waals surface area (Å²) < 4.78 is 0. The van der Waals surface area contributed by atoms with E-state index in [1.807, 2.05) is 0 Å². The molecule has 0 nitrogen and oxygen atoms in total. The van der Waals surface area contributed by atoms with Crippen molar-refractivity contribution in [3.63, 3.8) is 0 Å². The molecular formula is C52H109P. The van der Waals surface area contributed by atoms with Crippen LogP contribution < -0.4 is 0 Å². The van der Waals surface area contributed by atoms with Crippen LogP contribution in [0.4, 0.5) is 0 Å². The van der Waals surface area contributed by atoms with Gasteiger partial charge in [0.05, 0.1) is 0 Å². The van der Waals surface area contributed by atoms with E-state index in [2.05, 4.69) is 27.7 Å². The molecule has 0 rings (SSSR count). The zero-order chi connectivity index (χ0) is 38.4. The summed E-state index contributed by atoms with van der Waals surface area (Å²) in [7, 11) is -1.17. The zero-order valence-corrected chi connectivity index (χ0v) is 39.4. The van der Waals surface area contributed by atoms with Gasteiger partial charge in [0.1, 0.15) is 0 Å². The second-order valence-electron chi connectivity index (χ2n) is 18.6. The molecule has 0 atom stereocenters. The Morgan fingerprint density at radius 2 is 0.264 bits per heavy atom. The molecule has 0 aromatic rings. The molecular weight excluding hydrogens is 656 g/mol. The first-order valence-corrected chi connectivity index (χ1v) is 29.1. The van der Waals surface area contributed by atoms with E-state index >= 15 is 0 Å². The van der Waals surface area contributed by atoms with Crippen LogP contribution in [0.3, 0.4) is 0 Å². The van der Waals surface area contributed by atoms with Crippen LogP contribution in [0.25, 0.3) is 0 Å². The second-order valence-corrected chi connectivity index (χ2v) is 23.6.